The Hall–Kier alpha value is -4.32. The molecule has 0 spiro atoms. The average Bonchev–Trinajstić information content (AvgIpc) is 3.59. The van der Waals surface area contributed by atoms with Gasteiger partial charge in [-0.2, -0.15) is 0 Å². The average molecular weight is 614 g/mol. The fourth-order valence-corrected chi connectivity index (χ4v) is 6.67. The van der Waals surface area contributed by atoms with E-state index in [0.717, 1.165) is 10.4 Å². The molecule has 228 valence electrons. The molecule has 4 heterocycles. The number of morpholine rings is 1. The molecule has 2 aromatic carbocycles. The van der Waals surface area contributed by atoms with E-state index in [-0.39, 0.29) is 35.2 Å². The van der Waals surface area contributed by atoms with Crippen molar-refractivity contribution in [3.8, 4) is 11.3 Å². The number of nitrogens with one attached hydrogen (secondary N) is 1. The number of hydrogen-bond acceptors (Lipinski definition) is 8. The summed E-state index contributed by atoms with van der Waals surface area (Å²) in [4.78, 5) is 49.4. The first kappa shape index (κ1) is 29.7. The second-order valence-electron chi connectivity index (χ2n) is 12.1. The van der Waals surface area contributed by atoms with Crippen molar-refractivity contribution < 1.29 is 19.4 Å². The van der Waals surface area contributed by atoms with E-state index in [9.17, 15) is 19.5 Å². The summed E-state index contributed by atoms with van der Waals surface area (Å²) < 4.78 is 6.77. The highest BCUT2D eigenvalue weighted by Crippen LogP contribution is 2.41. The van der Waals surface area contributed by atoms with Crippen LogP contribution in [0.4, 0.5) is 17.2 Å². The molecule has 2 aromatic heterocycles. The molecule has 1 fully saturated rings. The molecule has 2 aliphatic heterocycles. The maximum absolute atomic E-state index is 13.5. The lowest BCUT2D eigenvalue weighted by atomic mass is 9.94. The molecule has 1 saturated heterocycles. The van der Waals surface area contributed by atoms with Gasteiger partial charge < -0.3 is 29.5 Å². The third kappa shape index (κ3) is 5.54. The van der Waals surface area contributed by atoms with Gasteiger partial charge in [0.1, 0.15) is 0 Å². The number of nitrogens with zero attached hydrogens (tertiary/aromatic N) is 4. The molecule has 2 N–H and O–H groups in total. The van der Waals surface area contributed by atoms with Gasteiger partial charge in [-0.15, -0.1) is 11.3 Å². The Morgan fingerprint density at radius 1 is 1.09 bits per heavy atom. The van der Waals surface area contributed by atoms with E-state index in [1.807, 2.05) is 18.2 Å². The number of hydrogen-bond donors (Lipinski definition) is 2. The molecule has 0 unspecified atom stereocenters. The predicted molar refractivity (Wildman–Crippen MR) is 171 cm³/mol. The standard InChI is InChI=1S/C33H35N5O5S/c1-33(2,3)27-16-21-17-38(31(41)28(21)44-27)26-7-5-6-23(24(26)19-39)25-18-36(4)32(42)29(35-25)34-22-10-8-20(9-11-22)30(40)37-12-14-43-15-13-37/h5-11,16,18,39H,12-15,17,19H2,1-4H3,(H,34,35). The quantitative estimate of drug-likeness (QED) is 0.325. The monoisotopic (exact) mass is 613 g/mol. The summed E-state index contributed by atoms with van der Waals surface area (Å²) >= 11 is 1.53. The second kappa shape index (κ2) is 11.6. The first-order chi connectivity index (χ1) is 21.0. The van der Waals surface area contributed by atoms with Gasteiger partial charge in [-0.25, -0.2) is 4.98 Å². The lowest BCUT2D eigenvalue weighted by Gasteiger charge is -2.26. The van der Waals surface area contributed by atoms with Crippen LogP contribution in [0.5, 0.6) is 0 Å². The highest BCUT2D eigenvalue weighted by molar-refractivity contribution is 7.14. The molecule has 10 nitrogen and oxygen atoms in total. The van der Waals surface area contributed by atoms with Crippen LogP contribution in [-0.4, -0.2) is 57.7 Å². The number of aliphatic hydroxyl groups excluding tert-OH is 1. The summed E-state index contributed by atoms with van der Waals surface area (Å²) in [5, 5.41) is 13.6. The zero-order valence-electron chi connectivity index (χ0n) is 25.2. The van der Waals surface area contributed by atoms with Gasteiger partial charge in [-0.05, 0) is 47.4 Å². The van der Waals surface area contributed by atoms with E-state index in [0.29, 0.717) is 66.6 Å². The number of rotatable bonds is 6. The summed E-state index contributed by atoms with van der Waals surface area (Å²) in [6, 6.07) is 14.5. The van der Waals surface area contributed by atoms with Crippen LogP contribution in [0.15, 0.2) is 59.5 Å². The van der Waals surface area contributed by atoms with Gasteiger partial charge >= 0.3 is 0 Å². The largest absolute Gasteiger partial charge is 0.392 e. The minimum Gasteiger partial charge on any atom is -0.392 e. The van der Waals surface area contributed by atoms with Gasteiger partial charge in [-0.1, -0.05) is 32.9 Å². The predicted octanol–water partition coefficient (Wildman–Crippen LogP) is 4.68. The Labute approximate surface area is 259 Å². The van der Waals surface area contributed by atoms with E-state index >= 15 is 0 Å². The van der Waals surface area contributed by atoms with E-state index < -0.39 is 0 Å². The molecule has 0 aliphatic carbocycles. The number of fused-ring (bicyclic) bond motifs is 1. The first-order valence-corrected chi connectivity index (χ1v) is 15.4. The van der Waals surface area contributed by atoms with Crippen molar-refractivity contribution in [1.82, 2.24) is 14.5 Å². The van der Waals surface area contributed by atoms with Gasteiger partial charge in [0.15, 0.2) is 5.82 Å². The molecule has 44 heavy (non-hydrogen) atoms. The summed E-state index contributed by atoms with van der Waals surface area (Å²) in [5.41, 5.74) is 4.02. The molecule has 0 radical (unpaired) electrons. The fourth-order valence-electron chi connectivity index (χ4n) is 5.49. The molecule has 4 aromatic rings. The van der Waals surface area contributed by atoms with Crippen LogP contribution in [0.2, 0.25) is 0 Å². The Balaban J connectivity index is 1.28. The number of aliphatic hydroxyl groups is 1. The second-order valence-corrected chi connectivity index (χ2v) is 13.1. The Morgan fingerprint density at radius 2 is 1.82 bits per heavy atom. The SMILES string of the molecule is Cn1cc(-c2cccc(N3Cc4cc(C(C)(C)C)sc4C3=O)c2CO)nc(Nc2ccc(C(=O)N3CCOCC3)cc2)c1=O. The van der Waals surface area contributed by atoms with Crippen molar-refractivity contribution in [2.45, 2.75) is 39.3 Å². The van der Waals surface area contributed by atoms with Gasteiger partial charge in [0.25, 0.3) is 17.4 Å². The highest BCUT2D eigenvalue weighted by Gasteiger charge is 2.34. The third-order valence-corrected chi connectivity index (χ3v) is 9.55. The minimum absolute atomic E-state index is 0.0423. The van der Waals surface area contributed by atoms with Crippen molar-refractivity contribution in [3.05, 3.63) is 91.5 Å². The van der Waals surface area contributed by atoms with Crippen molar-refractivity contribution >= 4 is 40.3 Å². The zero-order chi connectivity index (χ0) is 31.2. The Morgan fingerprint density at radius 3 is 2.48 bits per heavy atom. The van der Waals surface area contributed by atoms with Crippen LogP contribution in [0.3, 0.4) is 0 Å². The number of anilines is 3. The number of aromatic nitrogens is 2. The number of carbonyl (C=O) groups is 2. The molecule has 6 rings (SSSR count). The van der Waals surface area contributed by atoms with Crippen LogP contribution in [0.25, 0.3) is 11.3 Å². The number of amides is 2. The molecule has 0 bridgehead atoms. The van der Waals surface area contributed by atoms with E-state index in [1.165, 1.54) is 20.8 Å². The molecule has 2 amide bonds. The van der Waals surface area contributed by atoms with Gasteiger partial charge in [0.2, 0.25) is 0 Å². The lowest BCUT2D eigenvalue weighted by Crippen LogP contribution is -2.40. The van der Waals surface area contributed by atoms with Gasteiger partial charge in [-0.3, -0.25) is 14.4 Å². The van der Waals surface area contributed by atoms with E-state index in [2.05, 4.69) is 37.1 Å². The summed E-state index contributed by atoms with van der Waals surface area (Å²) in [6.07, 6.45) is 1.62. The van der Waals surface area contributed by atoms with Crippen molar-refractivity contribution in [1.29, 1.82) is 0 Å². The van der Waals surface area contributed by atoms with E-state index in [4.69, 9.17) is 4.74 Å². The summed E-state index contributed by atoms with van der Waals surface area (Å²) in [5.74, 6) is -0.0483. The van der Waals surface area contributed by atoms with Crippen LogP contribution >= 0.6 is 11.3 Å². The number of carbonyl (C=O) groups excluding carboxylic acids is 2. The normalized spacial score (nSPS) is 15.1. The van der Waals surface area contributed by atoms with Gasteiger partial charge in [0.05, 0.1) is 42.6 Å². The van der Waals surface area contributed by atoms with Crippen LogP contribution in [0.1, 0.15) is 56.8 Å². The Bertz CT molecular complexity index is 1800. The minimum atomic E-state index is -0.335. The van der Waals surface area contributed by atoms with Crippen LogP contribution < -0.4 is 15.8 Å². The molecular formula is C33H35N5O5S. The maximum Gasteiger partial charge on any atom is 0.293 e. The number of thiophene rings is 1. The summed E-state index contributed by atoms with van der Waals surface area (Å²) in [7, 11) is 1.64. The van der Waals surface area contributed by atoms with Crippen LogP contribution in [-0.2, 0) is 30.4 Å². The van der Waals surface area contributed by atoms with Crippen molar-refractivity contribution in [2.24, 2.45) is 7.05 Å². The molecule has 2 aliphatic rings. The molecule has 0 atom stereocenters. The van der Waals surface area contributed by atoms with Gasteiger partial charge in [0, 0.05) is 53.6 Å². The van der Waals surface area contributed by atoms with E-state index in [1.54, 1.807) is 47.3 Å². The fraction of sp³-hybridized carbons (Fsp3) is 0.333. The van der Waals surface area contributed by atoms with Crippen LogP contribution in [0, 0.1) is 0 Å². The highest BCUT2D eigenvalue weighted by atomic mass is 32.1. The first-order valence-electron chi connectivity index (χ1n) is 14.5. The van der Waals surface area contributed by atoms with Crippen molar-refractivity contribution in [3.63, 3.8) is 0 Å². The Kier molecular flexibility index (Phi) is 7.87. The number of benzene rings is 2. The topological polar surface area (TPSA) is 117 Å². The zero-order valence-corrected chi connectivity index (χ0v) is 26.0. The smallest absolute Gasteiger partial charge is 0.293 e. The lowest BCUT2D eigenvalue weighted by molar-refractivity contribution is 0.0303. The number of ether oxygens (including phenoxy) is 1. The molecular weight excluding hydrogens is 578 g/mol. The molecule has 0 saturated carbocycles. The molecule has 11 heteroatoms. The summed E-state index contributed by atoms with van der Waals surface area (Å²) in [6.45, 7) is 8.68. The number of aryl methyl sites for hydroxylation is 1. The maximum atomic E-state index is 13.5. The van der Waals surface area contributed by atoms with Crippen molar-refractivity contribution in [2.75, 3.05) is 36.5 Å². The third-order valence-electron chi connectivity index (χ3n) is 7.96.